The summed E-state index contributed by atoms with van der Waals surface area (Å²) in [5, 5.41) is 7.41. The molecule has 11 aromatic carbocycles. The van der Waals surface area contributed by atoms with Gasteiger partial charge in [0.2, 0.25) is 0 Å². The predicted octanol–water partition coefficient (Wildman–Crippen LogP) is 14.2. The Morgan fingerprint density at radius 3 is 1.01 bits per heavy atom. The lowest BCUT2D eigenvalue weighted by Gasteiger charge is -2.34. The fourth-order valence-corrected chi connectivity index (χ4v) is 16.1. The lowest BCUT2D eigenvalue weighted by atomic mass is 10.0. The molecule has 0 radical (unpaired) electrons. The molecular weight excluding hydrogens is 991 g/mol. The number of para-hydroxylation sites is 1. The summed E-state index contributed by atoms with van der Waals surface area (Å²) in [5.41, 5.74) is 10.5. The standard InChI is InChI=1S/C72H49N7Si/c1-8-25-50(26-9-1)67-73-68(51-27-10-2-11-28-51)76-71(75-67)55-43-45-61(54-33-24-40-60(47-54)80(57-34-16-5-17-35-57,58-36-18-6-19-37-58)59-38-20-7-21-39-59)65(48-55)79-64-42-23-22-41-62(64)63-46-44-56(49-66(63)79)72-77-69(52-29-12-3-13-30-52)74-70(78-72)53-31-14-4-15-32-53/h1-49H. The van der Waals surface area contributed by atoms with Crippen molar-refractivity contribution in [2.24, 2.45) is 0 Å². The van der Waals surface area contributed by atoms with Gasteiger partial charge >= 0.3 is 0 Å². The smallest absolute Gasteiger partial charge is 0.179 e. The zero-order chi connectivity index (χ0) is 53.2. The first kappa shape index (κ1) is 47.9. The van der Waals surface area contributed by atoms with Crippen molar-refractivity contribution in [2.75, 3.05) is 0 Å². The Hall–Kier alpha value is -10.5. The third-order valence-electron chi connectivity index (χ3n) is 15.1. The molecule has 14 aromatic rings. The van der Waals surface area contributed by atoms with Gasteiger partial charge in [0.05, 0.1) is 16.7 Å². The minimum atomic E-state index is -2.93. The Kier molecular flexibility index (Phi) is 12.4. The lowest BCUT2D eigenvalue weighted by molar-refractivity contribution is 1.07. The zero-order valence-corrected chi connectivity index (χ0v) is 44.4. The number of aromatic nitrogens is 7. The zero-order valence-electron chi connectivity index (χ0n) is 43.4. The molecule has 0 saturated heterocycles. The van der Waals surface area contributed by atoms with Crippen molar-refractivity contribution in [3.8, 4) is 85.1 Å². The average Bonchev–Trinajstić information content (AvgIpc) is 4.08. The molecule has 8 heteroatoms. The highest BCUT2D eigenvalue weighted by Crippen LogP contribution is 2.40. The van der Waals surface area contributed by atoms with E-state index in [0.717, 1.165) is 72.0 Å². The lowest BCUT2D eigenvalue weighted by Crippen LogP contribution is -2.74. The summed E-state index contributed by atoms with van der Waals surface area (Å²) in [7, 11) is -2.93. The number of hydrogen-bond donors (Lipinski definition) is 0. The van der Waals surface area contributed by atoms with Gasteiger partial charge in [0.1, 0.15) is 0 Å². The van der Waals surface area contributed by atoms with Crippen LogP contribution in [0.5, 0.6) is 0 Å². The van der Waals surface area contributed by atoms with Crippen molar-refractivity contribution in [1.29, 1.82) is 0 Å². The first-order valence-electron chi connectivity index (χ1n) is 26.9. The average molecular weight is 1040 g/mol. The van der Waals surface area contributed by atoms with E-state index < -0.39 is 8.07 Å². The molecule has 0 spiro atoms. The first-order chi connectivity index (χ1) is 39.7. The fourth-order valence-electron chi connectivity index (χ4n) is 11.3. The quantitative estimate of drug-likeness (QED) is 0.0896. The molecule has 0 fully saturated rings. The molecule has 0 atom stereocenters. The highest BCUT2D eigenvalue weighted by Gasteiger charge is 2.41. The van der Waals surface area contributed by atoms with Crippen LogP contribution in [0.4, 0.5) is 0 Å². The Labute approximate surface area is 465 Å². The molecule has 7 nitrogen and oxygen atoms in total. The Morgan fingerprint density at radius 1 is 0.225 bits per heavy atom. The summed E-state index contributed by atoms with van der Waals surface area (Å²) in [5.74, 6) is 3.55. The van der Waals surface area contributed by atoms with E-state index in [2.05, 4.69) is 180 Å². The third kappa shape index (κ3) is 8.76. The van der Waals surface area contributed by atoms with Crippen LogP contribution in [0.15, 0.2) is 297 Å². The second kappa shape index (κ2) is 20.8. The monoisotopic (exact) mass is 1040 g/mol. The van der Waals surface area contributed by atoms with E-state index in [-0.39, 0.29) is 0 Å². The van der Waals surface area contributed by atoms with Crippen molar-refractivity contribution in [2.45, 2.75) is 0 Å². The van der Waals surface area contributed by atoms with Crippen LogP contribution >= 0.6 is 0 Å². The molecule has 80 heavy (non-hydrogen) atoms. The fraction of sp³-hybridized carbons (Fsp3) is 0. The van der Waals surface area contributed by atoms with E-state index in [4.69, 9.17) is 29.9 Å². The molecular formula is C72H49N7Si. The van der Waals surface area contributed by atoms with Gasteiger partial charge in [-0.3, -0.25) is 0 Å². The van der Waals surface area contributed by atoms with Gasteiger partial charge in [-0.05, 0) is 44.5 Å². The van der Waals surface area contributed by atoms with Crippen molar-refractivity contribution in [1.82, 2.24) is 34.5 Å². The second-order valence-electron chi connectivity index (χ2n) is 19.8. The van der Waals surface area contributed by atoms with Crippen molar-refractivity contribution in [3.05, 3.63) is 297 Å². The molecule has 0 saturated carbocycles. The van der Waals surface area contributed by atoms with Gasteiger partial charge in [-0.15, -0.1) is 0 Å². The van der Waals surface area contributed by atoms with Crippen molar-refractivity contribution >= 4 is 50.6 Å². The van der Waals surface area contributed by atoms with E-state index in [1.165, 1.54) is 20.7 Å². The number of hydrogen-bond acceptors (Lipinski definition) is 6. The minimum Gasteiger partial charge on any atom is -0.309 e. The van der Waals surface area contributed by atoms with Crippen LogP contribution in [-0.2, 0) is 0 Å². The SMILES string of the molecule is c1ccc(-c2nc(-c3ccccc3)nc(-c3ccc(-c4cccc([Si](c5ccccc5)(c5ccccc5)c5ccccc5)c4)c(-n4c5ccccc5c5ccc(-c6nc(-c7ccccc7)nc(-c7ccccc7)n6)cc54)c3)n2)cc1. The van der Waals surface area contributed by atoms with Crippen molar-refractivity contribution in [3.63, 3.8) is 0 Å². The summed E-state index contributed by atoms with van der Waals surface area (Å²) >= 11 is 0. The van der Waals surface area contributed by atoms with Gasteiger partial charge in [0.15, 0.2) is 43.0 Å². The van der Waals surface area contributed by atoms with Crippen molar-refractivity contribution < 1.29 is 0 Å². The van der Waals surface area contributed by atoms with Crippen LogP contribution < -0.4 is 20.7 Å². The van der Waals surface area contributed by atoms with Gasteiger partial charge in [-0.2, -0.15) is 0 Å². The molecule has 0 bridgehead atoms. The number of rotatable bonds is 12. The molecule has 376 valence electrons. The van der Waals surface area contributed by atoms with E-state index >= 15 is 0 Å². The maximum Gasteiger partial charge on any atom is 0.179 e. The summed E-state index contributed by atoms with van der Waals surface area (Å²) in [6.45, 7) is 0. The van der Waals surface area contributed by atoms with E-state index in [0.29, 0.717) is 34.9 Å². The van der Waals surface area contributed by atoms with Gasteiger partial charge in [-0.1, -0.05) is 279 Å². The number of benzene rings is 11. The summed E-state index contributed by atoms with van der Waals surface area (Å²) in [4.78, 5) is 31.1. The maximum atomic E-state index is 5.27. The van der Waals surface area contributed by atoms with Crippen LogP contribution in [-0.4, -0.2) is 42.5 Å². The Bertz CT molecular complexity index is 4290. The van der Waals surface area contributed by atoms with E-state index in [1.807, 2.05) is 121 Å². The van der Waals surface area contributed by atoms with Gasteiger partial charge < -0.3 is 4.57 Å². The highest BCUT2D eigenvalue weighted by molar-refractivity contribution is 7.19. The van der Waals surface area contributed by atoms with E-state index in [1.54, 1.807) is 0 Å². The molecule has 0 N–H and O–H groups in total. The molecule has 3 heterocycles. The van der Waals surface area contributed by atoms with Crippen LogP contribution in [0.3, 0.4) is 0 Å². The summed E-state index contributed by atoms with van der Waals surface area (Å²) in [6, 6.07) is 105. The van der Waals surface area contributed by atoms with Crippen LogP contribution in [0, 0.1) is 0 Å². The van der Waals surface area contributed by atoms with Crippen LogP contribution in [0.25, 0.3) is 107 Å². The maximum absolute atomic E-state index is 5.27. The minimum absolute atomic E-state index is 0.566. The first-order valence-corrected chi connectivity index (χ1v) is 28.9. The van der Waals surface area contributed by atoms with Crippen LogP contribution in [0.1, 0.15) is 0 Å². The van der Waals surface area contributed by atoms with E-state index in [9.17, 15) is 0 Å². The van der Waals surface area contributed by atoms with Crippen LogP contribution in [0.2, 0.25) is 0 Å². The third-order valence-corrected chi connectivity index (χ3v) is 19.8. The van der Waals surface area contributed by atoms with Gasteiger partial charge in [-0.25, -0.2) is 29.9 Å². The molecule has 0 aliphatic rings. The topological polar surface area (TPSA) is 82.3 Å². The molecule has 14 rings (SSSR count). The van der Waals surface area contributed by atoms with Gasteiger partial charge in [0, 0.05) is 49.7 Å². The molecule has 0 aliphatic carbocycles. The highest BCUT2D eigenvalue weighted by atomic mass is 28.3. The normalized spacial score (nSPS) is 11.5. The van der Waals surface area contributed by atoms with Gasteiger partial charge in [0.25, 0.3) is 0 Å². The predicted molar refractivity (Wildman–Crippen MR) is 329 cm³/mol. The number of fused-ring (bicyclic) bond motifs is 3. The molecule has 0 aliphatic heterocycles. The summed E-state index contributed by atoms with van der Waals surface area (Å²) in [6.07, 6.45) is 0. The number of nitrogens with zero attached hydrogens (tertiary/aromatic N) is 7. The molecule has 0 unspecified atom stereocenters. The summed E-state index contributed by atoms with van der Waals surface area (Å²) < 4.78 is 2.41. The Balaban J connectivity index is 1.04. The molecule has 3 aromatic heterocycles. The largest absolute Gasteiger partial charge is 0.309 e. The molecule has 0 amide bonds. The Morgan fingerprint density at radius 2 is 0.562 bits per heavy atom. The second-order valence-corrected chi connectivity index (χ2v) is 23.6.